The second-order valence-corrected chi connectivity index (χ2v) is 6.70. The van der Waals surface area contributed by atoms with Crippen LogP contribution in [-0.2, 0) is 13.7 Å². The molecule has 6 heteroatoms. The number of hydrogen-bond donors (Lipinski definition) is 0. The van der Waals surface area contributed by atoms with Gasteiger partial charge in [0.1, 0.15) is 12.4 Å². The van der Waals surface area contributed by atoms with Crippen LogP contribution >= 0.6 is 23.4 Å². The van der Waals surface area contributed by atoms with E-state index >= 15 is 0 Å². The molecule has 0 saturated heterocycles. The van der Waals surface area contributed by atoms with Gasteiger partial charge in [-0.2, -0.15) is 0 Å². The van der Waals surface area contributed by atoms with Crippen molar-refractivity contribution in [2.45, 2.75) is 11.8 Å². The second kappa shape index (κ2) is 8.74. The topological polar surface area (TPSA) is 39.9 Å². The van der Waals surface area contributed by atoms with Gasteiger partial charge in [-0.25, -0.2) is 0 Å². The second-order valence-electron chi connectivity index (χ2n) is 5.30. The lowest BCUT2D eigenvalue weighted by Gasteiger charge is -2.07. The van der Waals surface area contributed by atoms with Crippen LogP contribution < -0.4 is 4.74 Å². The van der Waals surface area contributed by atoms with Crippen LogP contribution in [0.1, 0.15) is 11.4 Å². The Morgan fingerprint density at radius 3 is 2.64 bits per heavy atom. The van der Waals surface area contributed by atoms with Crippen molar-refractivity contribution in [1.29, 1.82) is 0 Å². The third-order valence-electron chi connectivity index (χ3n) is 3.54. The zero-order valence-corrected chi connectivity index (χ0v) is 15.4. The van der Waals surface area contributed by atoms with Crippen molar-refractivity contribution in [3.63, 3.8) is 0 Å². The lowest BCUT2D eigenvalue weighted by atomic mass is 10.2. The number of halogens is 1. The Balaban J connectivity index is 1.54. The monoisotopic (exact) mass is 371 g/mol. The number of hydrogen-bond acceptors (Lipinski definition) is 4. The average molecular weight is 372 g/mol. The Hall–Kier alpha value is -2.24. The van der Waals surface area contributed by atoms with E-state index in [1.807, 2.05) is 48.0 Å². The standard InChI is InChI=1S/C19H18ClN3OS/c1-23-18(14-24-17-12-6-5-11-16(17)20)21-22-19(23)25-13-7-10-15-8-3-2-4-9-15/h2-12H,13-14H2,1H3/b10-7-. The van der Waals surface area contributed by atoms with Gasteiger partial charge in [0, 0.05) is 12.8 Å². The van der Waals surface area contributed by atoms with Crippen LogP contribution in [0.4, 0.5) is 0 Å². The van der Waals surface area contributed by atoms with Crippen LogP contribution in [-0.4, -0.2) is 20.5 Å². The molecule has 0 spiro atoms. The summed E-state index contributed by atoms with van der Waals surface area (Å²) in [4.78, 5) is 0. The van der Waals surface area contributed by atoms with E-state index in [1.54, 1.807) is 17.8 Å². The van der Waals surface area contributed by atoms with Gasteiger partial charge in [-0.15, -0.1) is 10.2 Å². The van der Waals surface area contributed by atoms with Crippen LogP contribution in [0.15, 0.2) is 65.8 Å². The van der Waals surface area contributed by atoms with E-state index in [1.165, 1.54) is 5.56 Å². The summed E-state index contributed by atoms with van der Waals surface area (Å²) in [6, 6.07) is 17.6. The van der Waals surface area contributed by atoms with Gasteiger partial charge < -0.3 is 9.30 Å². The SMILES string of the molecule is Cn1c(COc2ccccc2Cl)nnc1SC/C=C\c1ccccc1. The molecule has 0 unspecified atom stereocenters. The minimum atomic E-state index is 0.327. The molecule has 0 aliphatic heterocycles. The molecule has 2 aromatic carbocycles. The Labute approximate surface area is 156 Å². The first kappa shape index (κ1) is 17.6. The normalized spacial score (nSPS) is 11.1. The molecule has 3 rings (SSSR count). The van der Waals surface area contributed by atoms with Crippen LogP contribution in [0.5, 0.6) is 5.75 Å². The maximum atomic E-state index is 6.09. The fraction of sp³-hybridized carbons (Fsp3) is 0.158. The van der Waals surface area contributed by atoms with E-state index in [0.717, 1.165) is 16.7 Å². The highest BCUT2D eigenvalue weighted by Crippen LogP contribution is 2.24. The molecule has 0 saturated carbocycles. The number of nitrogens with zero attached hydrogens (tertiary/aromatic N) is 3. The molecule has 0 bridgehead atoms. The number of ether oxygens (including phenoxy) is 1. The third kappa shape index (κ3) is 4.87. The third-order valence-corrected chi connectivity index (χ3v) is 4.82. The summed E-state index contributed by atoms with van der Waals surface area (Å²) in [6.45, 7) is 0.327. The van der Waals surface area contributed by atoms with E-state index in [4.69, 9.17) is 16.3 Å². The minimum absolute atomic E-state index is 0.327. The van der Waals surface area contributed by atoms with Crippen LogP contribution in [0.25, 0.3) is 6.08 Å². The molecular weight excluding hydrogens is 354 g/mol. The van der Waals surface area contributed by atoms with Crippen LogP contribution in [0.2, 0.25) is 5.02 Å². The van der Waals surface area contributed by atoms with Gasteiger partial charge in [-0.1, -0.05) is 78.0 Å². The van der Waals surface area contributed by atoms with Gasteiger partial charge in [0.05, 0.1) is 5.02 Å². The number of aromatic nitrogens is 3. The smallest absolute Gasteiger partial charge is 0.191 e. The van der Waals surface area contributed by atoms with Gasteiger partial charge in [0.15, 0.2) is 11.0 Å². The zero-order chi connectivity index (χ0) is 17.5. The van der Waals surface area contributed by atoms with Crippen molar-refractivity contribution in [2.24, 2.45) is 7.05 Å². The molecule has 0 atom stereocenters. The van der Waals surface area contributed by atoms with Crippen LogP contribution in [0, 0.1) is 0 Å². The maximum absolute atomic E-state index is 6.09. The fourth-order valence-electron chi connectivity index (χ4n) is 2.17. The first-order valence-corrected chi connectivity index (χ1v) is 9.20. The summed E-state index contributed by atoms with van der Waals surface area (Å²) in [5, 5.41) is 9.87. The Kier molecular flexibility index (Phi) is 6.14. The maximum Gasteiger partial charge on any atom is 0.191 e. The van der Waals surface area contributed by atoms with Crippen molar-refractivity contribution in [2.75, 3.05) is 5.75 Å². The van der Waals surface area contributed by atoms with E-state index in [0.29, 0.717) is 17.4 Å². The summed E-state index contributed by atoms with van der Waals surface area (Å²) in [5.41, 5.74) is 1.19. The fourth-order valence-corrected chi connectivity index (χ4v) is 3.10. The number of rotatable bonds is 7. The molecule has 25 heavy (non-hydrogen) atoms. The summed E-state index contributed by atoms with van der Waals surface area (Å²) in [6.07, 6.45) is 4.22. The van der Waals surface area contributed by atoms with Crippen molar-refractivity contribution in [1.82, 2.24) is 14.8 Å². The molecule has 0 radical (unpaired) electrons. The van der Waals surface area contributed by atoms with Gasteiger partial charge in [-0.3, -0.25) is 0 Å². The Bertz CT molecular complexity index is 849. The van der Waals surface area contributed by atoms with E-state index in [2.05, 4.69) is 34.5 Å². The van der Waals surface area contributed by atoms with Crippen LogP contribution in [0.3, 0.4) is 0 Å². The quantitative estimate of drug-likeness (QED) is 0.556. The highest BCUT2D eigenvalue weighted by Gasteiger charge is 2.10. The zero-order valence-electron chi connectivity index (χ0n) is 13.8. The molecule has 0 aliphatic carbocycles. The van der Waals surface area contributed by atoms with Crippen molar-refractivity contribution < 1.29 is 4.74 Å². The van der Waals surface area contributed by atoms with E-state index in [-0.39, 0.29) is 0 Å². The number of para-hydroxylation sites is 1. The molecule has 0 N–H and O–H groups in total. The predicted octanol–water partition coefficient (Wildman–Crippen LogP) is 4.85. The Morgan fingerprint density at radius 1 is 1.08 bits per heavy atom. The molecule has 1 heterocycles. The van der Waals surface area contributed by atoms with Gasteiger partial charge in [0.2, 0.25) is 0 Å². The minimum Gasteiger partial charge on any atom is -0.484 e. The highest BCUT2D eigenvalue weighted by atomic mass is 35.5. The molecule has 1 aromatic heterocycles. The van der Waals surface area contributed by atoms with Crippen molar-refractivity contribution in [3.05, 3.63) is 77.1 Å². The molecule has 4 nitrogen and oxygen atoms in total. The van der Waals surface area contributed by atoms with E-state index in [9.17, 15) is 0 Å². The lowest BCUT2D eigenvalue weighted by Crippen LogP contribution is -2.04. The van der Waals surface area contributed by atoms with Gasteiger partial charge >= 0.3 is 0 Å². The van der Waals surface area contributed by atoms with Crippen molar-refractivity contribution >= 4 is 29.4 Å². The molecule has 0 amide bonds. The Morgan fingerprint density at radius 2 is 1.84 bits per heavy atom. The van der Waals surface area contributed by atoms with E-state index < -0.39 is 0 Å². The molecule has 0 fully saturated rings. The molecular formula is C19H18ClN3OS. The first-order valence-electron chi connectivity index (χ1n) is 7.84. The largest absolute Gasteiger partial charge is 0.484 e. The van der Waals surface area contributed by atoms with Gasteiger partial charge in [-0.05, 0) is 17.7 Å². The first-order chi connectivity index (χ1) is 12.2. The summed E-state index contributed by atoms with van der Waals surface area (Å²) < 4.78 is 7.66. The lowest BCUT2D eigenvalue weighted by molar-refractivity contribution is 0.290. The molecule has 0 aliphatic rings. The highest BCUT2D eigenvalue weighted by molar-refractivity contribution is 7.99. The van der Waals surface area contributed by atoms with Gasteiger partial charge in [0.25, 0.3) is 0 Å². The summed E-state index contributed by atoms with van der Waals surface area (Å²) >= 11 is 7.72. The summed E-state index contributed by atoms with van der Waals surface area (Å²) in [5.74, 6) is 2.23. The van der Waals surface area contributed by atoms with Crippen molar-refractivity contribution in [3.8, 4) is 5.75 Å². The summed E-state index contributed by atoms with van der Waals surface area (Å²) in [7, 11) is 1.94. The number of thioether (sulfide) groups is 1. The average Bonchev–Trinajstić information content (AvgIpc) is 2.99. The number of benzene rings is 2. The molecule has 3 aromatic rings. The predicted molar refractivity (Wildman–Crippen MR) is 103 cm³/mol. The molecule has 128 valence electrons.